The van der Waals surface area contributed by atoms with Gasteiger partial charge in [-0.25, -0.2) is 13.4 Å². The number of hydrogen-bond donors (Lipinski definition) is 0. The van der Waals surface area contributed by atoms with Crippen molar-refractivity contribution in [2.75, 3.05) is 0 Å². The minimum atomic E-state index is -4.22. The first-order valence-electron chi connectivity index (χ1n) is 5.71. The summed E-state index contributed by atoms with van der Waals surface area (Å²) in [6.07, 6.45) is -2.88. The summed E-state index contributed by atoms with van der Waals surface area (Å²) in [6, 6.07) is 0. The molecule has 0 aliphatic heterocycles. The molecule has 4 nitrogen and oxygen atoms in total. The lowest BCUT2D eigenvalue weighted by atomic mass is 10.3. The second-order valence-electron chi connectivity index (χ2n) is 4.10. The Bertz CT molecular complexity index is 525. The first kappa shape index (κ1) is 16.3. The first-order valence-corrected chi connectivity index (χ1v) is 8.02. The molecule has 0 bridgehead atoms. The zero-order valence-electron chi connectivity index (χ0n) is 10.2. The fourth-order valence-corrected chi connectivity index (χ4v) is 2.30. The Labute approximate surface area is 114 Å². The summed E-state index contributed by atoms with van der Waals surface area (Å²) in [5.74, 6) is 0.434. The van der Waals surface area contributed by atoms with Crippen LogP contribution in [0.3, 0.4) is 0 Å². The van der Waals surface area contributed by atoms with Gasteiger partial charge in [0.25, 0.3) is 9.05 Å². The fraction of sp³-hybridized carbons (Fsp3) is 0.700. The Morgan fingerprint density at radius 3 is 2.53 bits per heavy atom. The summed E-state index contributed by atoms with van der Waals surface area (Å²) >= 11 is 0. The van der Waals surface area contributed by atoms with Gasteiger partial charge in [0.2, 0.25) is 0 Å². The Balaban J connectivity index is 2.83. The number of aryl methyl sites for hydroxylation is 2. The fourth-order valence-electron chi connectivity index (χ4n) is 1.61. The van der Waals surface area contributed by atoms with Crippen LogP contribution in [0, 0.1) is 0 Å². The van der Waals surface area contributed by atoms with Crippen LogP contribution in [-0.4, -0.2) is 24.1 Å². The highest BCUT2D eigenvalue weighted by molar-refractivity contribution is 8.13. The van der Waals surface area contributed by atoms with Crippen LogP contribution in [0.2, 0.25) is 0 Å². The maximum Gasteiger partial charge on any atom is 0.389 e. The van der Waals surface area contributed by atoms with E-state index in [2.05, 4.69) is 4.98 Å². The smallest absolute Gasteiger partial charge is 0.333 e. The Kier molecular flexibility index (Phi) is 5.26. The third kappa shape index (κ3) is 5.40. The second-order valence-corrected chi connectivity index (χ2v) is 6.61. The van der Waals surface area contributed by atoms with E-state index in [0.717, 1.165) is 0 Å². The van der Waals surface area contributed by atoms with Gasteiger partial charge in [0, 0.05) is 36.3 Å². The molecule has 0 aliphatic rings. The molecule has 0 unspecified atom stereocenters. The maximum absolute atomic E-state index is 12.1. The minimum Gasteiger partial charge on any atom is -0.333 e. The summed E-state index contributed by atoms with van der Waals surface area (Å²) in [4.78, 5) is 3.85. The standard InChI is InChI=1S/C10H14ClF3N2O2S/c1-2-4-8-15-9(19(11,17)18)7-16(8)6-3-5-10(12,13)14/h7H,2-6H2,1H3. The van der Waals surface area contributed by atoms with Crippen molar-refractivity contribution in [3.63, 3.8) is 0 Å². The lowest BCUT2D eigenvalue weighted by Crippen LogP contribution is -2.10. The number of aromatic nitrogens is 2. The Hall–Kier alpha value is -0.760. The van der Waals surface area contributed by atoms with E-state index in [4.69, 9.17) is 10.7 Å². The summed E-state index contributed by atoms with van der Waals surface area (Å²) in [5, 5.41) is -0.315. The van der Waals surface area contributed by atoms with Crippen molar-refractivity contribution in [2.24, 2.45) is 0 Å². The molecule has 1 aromatic heterocycles. The molecule has 0 aliphatic carbocycles. The number of alkyl halides is 3. The van der Waals surface area contributed by atoms with Gasteiger partial charge in [-0.05, 0) is 12.8 Å². The van der Waals surface area contributed by atoms with Gasteiger partial charge in [-0.2, -0.15) is 13.2 Å². The second kappa shape index (κ2) is 6.13. The van der Waals surface area contributed by atoms with E-state index in [1.807, 2.05) is 6.92 Å². The van der Waals surface area contributed by atoms with Gasteiger partial charge in [0.05, 0.1) is 0 Å². The summed E-state index contributed by atoms with van der Waals surface area (Å²) in [6.45, 7) is 1.93. The topological polar surface area (TPSA) is 52.0 Å². The number of hydrogen-bond acceptors (Lipinski definition) is 3. The molecular weight excluding hydrogens is 305 g/mol. The Morgan fingerprint density at radius 1 is 1.42 bits per heavy atom. The van der Waals surface area contributed by atoms with Gasteiger partial charge in [0.15, 0.2) is 5.03 Å². The van der Waals surface area contributed by atoms with Crippen molar-refractivity contribution in [1.82, 2.24) is 9.55 Å². The minimum absolute atomic E-state index is 0.0637. The predicted molar refractivity (Wildman–Crippen MR) is 64.5 cm³/mol. The van der Waals surface area contributed by atoms with E-state index >= 15 is 0 Å². The highest BCUT2D eigenvalue weighted by Gasteiger charge is 2.26. The SMILES string of the molecule is CCCc1nc(S(=O)(=O)Cl)cn1CCCC(F)(F)F. The molecule has 0 aromatic carbocycles. The highest BCUT2D eigenvalue weighted by Crippen LogP contribution is 2.22. The van der Waals surface area contributed by atoms with Crippen molar-refractivity contribution in [2.45, 2.75) is 50.4 Å². The lowest BCUT2D eigenvalue weighted by molar-refractivity contribution is -0.135. The third-order valence-corrected chi connectivity index (χ3v) is 3.59. The van der Waals surface area contributed by atoms with Crippen molar-refractivity contribution < 1.29 is 21.6 Å². The lowest BCUT2D eigenvalue weighted by Gasteiger charge is -2.08. The summed E-state index contributed by atoms with van der Waals surface area (Å²) in [5.41, 5.74) is 0. The summed E-state index contributed by atoms with van der Waals surface area (Å²) in [7, 11) is 1.21. The van der Waals surface area contributed by atoms with Gasteiger partial charge in [0.1, 0.15) is 5.82 Å². The molecule has 19 heavy (non-hydrogen) atoms. The van der Waals surface area contributed by atoms with Gasteiger partial charge < -0.3 is 4.57 Å². The van der Waals surface area contributed by atoms with Crippen molar-refractivity contribution in [3.8, 4) is 0 Å². The van der Waals surface area contributed by atoms with Crippen molar-refractivity contribution >= 4 is 19.7 Å². The molecule has 1 aromatic rings. The number of imidazole rings is 1. The average molecular weight is 319 g/mol. The molecule has 1 rings (SSSR count). The van der Waals surface area contributed by atoms with Crippen LogP contribution in [0.1, 0.15) is 32.0 Å². The molecule has 0 spiro atoms. The van der Waals surface area contributed by atoms with E-state index in [-0.39, 0.29) is 18.0 Å². The van der Waals surface area contributed by atoms with Gasteiger partial charge >= 0.3 is 6.18 Å². The van der Waals surface area contributed by atoms with E-state index in [1.54, 1.807) is 0 Å². The van der Waals surface area contributed by atoms with Gasteiger partial charge in [-0.15, -0.1) is 0 Å². The Morgan fingerprint density at radius 2 is 2.05 bits per heavy atom. The predicted octanol–water partition coefficient (Wildman–Crippen LogP) is 3.11. The third-order valence-electron chi connectivity index (χ3n) is 2.42. The largest absolute Gasteiger partial charge is 0.389 e. The van der Waals surface area contributed by atoms with E-state index in [0.29, 0.717) is 18.7 Å². The van der Waals surface area contributed by atoms with E-state index < -0.39 is 21.6 Å². The molecule has 0 atom stereocenters. The van der Waals surface area contributed by atoms with Gasteiger partial charge in [-0.1, -0.05) is 6.92 Å². The molecular formula is C10H14ClF3N2O2S. The number of nitrogens with zero attached hydrogens (tertiary/aromatic N) is 2. The molecule has 0 saturated carbocycles. The number of halogens is 4. The number of rotatable bonds is 6. The molecule has 9 heteroatoms. The maximum atomic E-state index is 12.1. The van der Waals surface area contributed by atoms with E-state index in [1.165, 1.54) is 10.8 Å². The van der Waals surface area contributed by atoms with Crippen molar-refractivity contribution in [1.29, 1.82) is 0 Å². The van der Waals surface area contributed by atoms with Gasteiger partial charge in [-0.3, -0.25) is 0 Å². The van der Waals surface area contributed by atoms with Crippen LogP contribution in [0.5, 0.6) is 0 Å². The molecule has 0 amide bonds. The zero-order chi connectivity index (χ0) is 14.7. The molecule has 0 radical (unpaired) electrons. The summed E-state index contributed by atoms with van der Waals surface area (Å²) < 4.78 is 59.9. The molecule has 0 N–H and O–H groups in total. The van der Waals surface area contributed by atoms with E-state index in [9.17, 15) is 21.6 Å². The molecule has 1 heterocycles. The van der Waals surface area contributed by atoms with Crippen LogP contribution < -0.4 is 0 Å². The van der Waals surface area contributed by atoms with Crippen molar-refractivity contribution in [3.05, 3.63) is 12.0 Å². The molecule has 110 valence electrons. The first-order chi connectivity index (χ1) is 8.63. The van der Waals surface area contributed by atoms with Crippen LogP contribution >= 0.6 is 10.7 Å². The average Bonchev–Trinajstić information content (AvgIpc) is 2.60. The quantitative estimate of drug-likeness (QED) is 0.757. The zero-order valence-corrected chi connectivity index (χ0v) is 11.8. The molecule has 0 fully saturated rings. The van der Waals surface area contributed by atoms with Crippen LogP contribution in [0.4, 0.5) is 13.2 Å². The van der Waals surface area contributed by atoms with Crippen LogP contribution in [0.25, 0.3) is 0 Å². The van der Waals surface area contributed by atoms with Crippen LogP contribution in [0.15, 0.2) is 11.2 Å². The monoisotopic (exact) mass is 318 g/mol. The molecule has 0 saturated heterocycles. The van der Waals surface area contributed by atoms with Crippen LogP contribution in [-0.2, 0) is 22.0 Å². The normalized spacial score (nSPS) is 12.9. The highest BCUT2D eigenvalue weighted by atomic mass is 35.7.